The molecule has 2 aliphatic rings. The SMILES string of the molecule is CCCNC1CCCC1CCOCC1CCCCO1. The summed E-state index contributed by atoms with van der Waals surface area (Å²) in [7, 11) is 0. The minimum absolute atomic E-state index is 0.367. The molecule has 2 rings (SSSR count). The van der Waals surface area contributed by atoms with Gasteiger partial charge in [0.1, 0.15) is 0 Å². The highest BCUT2D eigenvalue weighted by molar-refractivity contribution is 4.82. The van der Waals surface area contributed by atoms with E-state index in [1.54, 1.807) is 0 Å². The molecule has 3 heteroatoms. The predicted molar refractivity (Wildman–Crippen MR) is 78.4 cm³/mol. The van der Waals surface area contributed by atoms with E-state index in [2.05, 4.69) is 12.2 Å². The highest BCUT2D eigenvalue weighted by Crippen LogP contribution is 2.28. The van der Waals surface area contributed by atoms with Gasteiger partial charge < -0.3 is 14.8 Å². The molecule has 0 bridgehead atoms. The molecule has 0 radical (unpaired) electrons. The first kappa shape index (κ1) is 15.3. The van der Waals surface area contributed by atoms with Crippen LogP contribution >= 0.6 is 0 Å². The standard InChI is InChI=1S/C16H31NO2/c1-2-10-17-16-8-5-6-14(16)9-12-18-13-15-7-3-4-11-19-15/h14-17H,2-13H2,1H3. The number of hydrogen-bond acceptors (Lipinski definition) is 3. The van der Waals surface area contributed by atoms with Gasteiger partial charge in [0.15, 0.2) is 0 Å². The van der Waals surface area contributed by atoms with Crippen LogP contribution in [0.1, 0.15) is 58.3 Å². The molecular formula is C16H31NO2. The van der Waals surface area contributed by atoms with Crippen LogP contribution in [0.25, 0.3) is 0 Å². The monoisotopic (exact) mass is 269 g/mol. The van der Waals surface area contributed by atoms with Crippen LogP contribution in [-0.2, 0) is 9.47 Å². The van der Waals surface area contributed by atoms with Crippen molar-refractivity contribution in [1.82, 2.24) is 5.32 Å². The molecule has 1 saturated carbocycles. The Kier molecular flexibility index (Phi) is 7.18. The van der Waals surface area contributed by atoms with Gasteiger partial charge in [-0.05, 0) is 57.4 Å². The number of hydrogen-bond donors (Lipinski definition) is 1. The van der Waals surface area contributed by atoms with Crippen LogP contribution in [0.15, 0.2) is 0 Å². The first-order chi connectivity index (χ1) is 9.40. The molecule has 2 fully saturated rings. The van der Waals surface area contributed by atoms with Gasteiger partial charge in [-0.25, -0.2) is 0 Å². The first-order valence-corrected chi connectivity index (χ1v) is 8.33. The van der Waals surface area contributed by atoms with Crippen molar-refractivity contribution in [3.63, 3.8) is 0 Å². The molecule has 0 aromatic rings. The van der Waals surface area contributed by atoms with E-state index in [-0.39, 0.29) is 0 Å². The van der Waals surface area contributed by atoms with E-state index in [0.717, 1.165) is 38.3 Å². The Bertz CT molecular complexity index is 229. The lowest BCUT2D eigenvalue weighted by molar-refractivity contribution is -0.0426. The van der Waals surface area contributed by atoms with Crippen LogP contribution in [-0.4, -0.2) is 38.5 Å². The summed E-state index contributed by atoms with van der Waals surface area (Å²) in [6.07, 6.45) is 10.7. The fraction of sp³-hybridized carbons (Fsp3) is 1.00. The van der Waals surface area contributed by atoms with Crippen molar-refractivity contribution in [1.29, 1.82) is 0 Å². The van der Waals surface area contributed by atoms with Gasteiger partial charge in [0.25, 0.3) is 0 Å². The molecule has 19 heavy (non-hydrogen) atoms. The minimum atomic E-state index is 0.367. The van der Waals surface area contributed by atoms with Gasteiger partial charge in [-0.3, -0.25) is 0 Å². The average molecular weight is 269 g/mol. The highest BCUT2D eigenvalue weighted by atomic mass is 16.5. The summed E-state index contributed by atoms with van der Waals surface area (Å²) >= 11 is 0. The second-order valence-corrected chi connectivity index (χ2v) is 6.10. The summed E-state index contributed by atoms with van der Waals surface area (Å²) in [5.74, 6) is 0.832. The second kappa shape index (κ2) is 8.93. The predicted octanol–water partition coefficient (Wildman–Crippen LogP) is 3.13. The fourth-order valence-electron chi connectivity index (χ4n) is 3.37. The van der Waals surface area contributed by atoms with Gasteiger partial charge in [-0.2, -0.15) is 0 Å². The normalized spacial score (nSPS) is 31.7. The van der Waals surface area contributed by atoms with E-state index in [0.29, 0.717) is 6.10 Å². The van der Waals surface area contributed by atoms with Crippen molar-refractivity contribution in [3.05, 3.63) is 0 Å². The lowest BCUT2D eigenvalue weighted by atomic mass is 10.00. The van der Waals surface area contributed by atoms with E-state index in [9.17, 15) is 0 Å². The van der Waals surface area contributed by atoms with Crippen molar-refractivity contribution < 1.29 is 9.47 Å². The third kappa shape index (κ3) is 5.41. The van der Waals surface area contributed by atoms with Gasteiger partial charge in [-0.1, -0.05) is 13.3 Å². The van der Waals surface area contributed by atoms with Crippen LogP contribution in [0.2, 0.25) is 0 Å². The zero-order valence-electron chi connectivity index (χ0n) is 12.5. The second-order valence-electron chi connectivity index (χ2n) is 6.10. The molecule has 1 aliphatic carbocycles. The molecular weight excluding hydrogens is 238 g/mol. The summed E-state index contributed by atoms with van der Waals surface area (Å²) in [4.78, 5) is 0. The Morgan fingerprint density at radius 1 is 1.16 bits per heavy atom. The summed E-state index contributed by atoms with van der Waals surface area (Å²) in [6, 6.07) is 0.745. The Hall–Kier alpha value is -0.120. The number of ether oxygens (including phenoxy) is 2. The number of nitrogens with one attached hydrogen (secondary N) is 1. The van der Waals surface area contributed by atoms with Gasteiger partial charge in [0.05, 0.1) is 12.7 Å². The zero-order chi connectivity index (χ0) is 13.3. The third-order valence-corrected chi connectivity index (χ3v) is 4.53. The summed E-state index contributed by atoms with van der Waals surface area (Å²) in [5, 5.41) is 3.69. The minimum Gasteiger partial charge on any atom is -0.379 e. The molecule has 0 aromatic carbocycles. The third-order valence-electron chi connectivity index (χ3n) is 4.53. The molecule has 112 valence electrons. The molecule has 3 unspecified atom stereocenters. The highest BCUT2D eigenvalue weighted by Gasteiger charge is 2.26. The van der Waals surface area contributed by atoms with E-state index in [1.165, 1.54) is 51.4 Å². The van der Waals surface area contributed by atoms with Gasteiger partial charge in [0.2, 0.25) is 0 Å². The maximum atomic E-state index is 5.84. The largest absolute Gasteiger partial charge is 0.379 e. The lowest BCUT2D eigenvalue weighted by Gasteiger charge is -2.24. The van der Waals surface area contributed by atoms with Crippen LogP contribution in [0.5, 0.6) is 0 Å². The topological polar surface area (TPSA) is 30.5 Å². The smallest absolute Gasteiger partial charge is 0.0808 e. The fourth-order valence-corrected chi connectivity index (χ4v) is 3.37. The quantitative estimate of drug-likeness (QED) is 0.687. The molecule has 3 nitrogen and oxygen atoms in total. The van der Waals surface area contributed by atoms with Gasteiger partial charge in [0, 0.05) is 19.3 Å². The summed E-state index contributed by atoms with van der Waals surface area (Å²) in [5.41, 5.74) is 0. The molecule has 0 aromatic heterocycles. The van der Waals surface area contributed by atoms with Crippen molar-refractivity contribution in [2.45, 2.75) is 70.4 Å². The Balaban J connectivity index is 1.54. The Morgan fingerprint density at radius 2 is 2.11 bits per heavy atom. The molecule has 1 N–H and O–H groups in total. The average Bonchev–Trinajstić information content (AvgIpc) is 2.90. The van der Waals surface area contributed by atoms with E-state index in [4.69, 9.17) is 9.47 Å². The maximum absolute atomic E-state index is 5.84. The van der Waals surface area contributed by atoms with Crippen LogP contribution < -0.4 is 5.32 Å². The van der Waals surface area contributed by atoms with Crippen molar-refractivity contribution in [2.24, 2.45) is 5.92 Å². The Morgan fingerprint density at radius 3 is 2.89 bits per heavy atom. The lowest BCUT2D eigenvalue weighted by Crippen LogP contribution is -2.33. The van der Waals surface area contributed by atoms with E-state index < -0.39 is 0 Å². The maximum Gasteiger partial charge on any atom is 0.0808 e. The van der Waals surface area contributed by atoms with Crippen LogP contribution in [0, 0.1) is 5.92 Å². The first-order valence-electron chi connectivity index (χ1n) is 8.33. The molecule has 0 amide bonds. The van der Waals surface area contributed by atoms with Crippen molar-refractivity contribution in [2.75, 3.05) is 26.4 Å². The van der Waals surface area contributed by atoms with E-state index >= 15 is 0 Å². The molecule has 3 atom stereocenters. The van der Waals surface area contributed by atoms with Crippen molar-refractivity contribution >= 4 is 0 Å². The molecule has 1 aliphatic heterocycles. The number of rotatable bonds is 8. The van der Waals surface area contributed by atoms with Crippen LogP contribution in [0.4, 0.5) is 0 Å². The molecule has 1 saturated heterocycles. The van der Waals surface area contributed by atoms with Gasteiger partial charge >= 0.3 is 0 Å². The van der Waals surface area contributed by atoms with Crippen molar-refractivity contribution in [3.8, 4) is 0 Å². The van der Waals surface area contributed by atoms with Crippen LogP contribution in [0.3, 0.4) is 0 Å². The molecule has 1 heterocycles. The van der Waals surface area contributed by atoms with E-state index in [1.807, 2.05) is 0 Å². The summed E-state index contributed by atoms with van der Waals surface area (Å²) < 4.78 is 11.5. The van der Waals surface area contributed by atoms with Gasteiger partial charge in [-0.15, -0.1) is 0 Å². The Labute approximate surface area is 118 Å². The molecule has 0 spiro atoms. The zero-order valence-corrected chi connectivity index (χ0v) is 12.5. The summed E-state index contributed by atoms with van der Waals surface area (Å²) in [6.45, 7) is 6.05.